The summed E-state index contributed by atoms with van der Waals surface area (Å²) in [6, 6.07) is 11.8. The normalized spacial score (nSPS) is 15.3. The van der Waals surface area contributed by atoms with E-state index >= 15 is 0 Å². The first-order valence-electron chi connectivity index (χ1n) is 8.52. The topological polar surface area (TPSA) is 50.8 Å². The molecule has 0 aliphatic heterocycles. The van der Waals surface area contributed by atoms with Gasteiger partial charge in [-0.1, -0.05) is 22.0 Å². The first-order valence-corrected chi connectivity index (χ1v) is 9.32. The number of carbonyl (C=O) groups is 1. The van der Waals surface area contributed by atoms with Crippen molar-refractivity contribution in [3.8, 4) is 11.5 Å². The third kappa shape index (κ3) is 3.96. The Morgan fingerprint density at radius 2 is 2.04 bits per heavy atom. The number of nitrogens with one attached hydrogen (secondary N) is 1. The molecule has 1 aliphatic rings. The maximum atomic E-state index is 12.7. The Bertz CT molecular complexity index is 810. The number of rotatable bonds is 5. The van der Waals surface area contributed by atoms with Crippen LogP contribution in [0.1, 0.15) is 29.2 Å². The van der Waals surface area contributed by atoms with E-state index in [4.69, 9.17) is 9.47 Å². The molecular weight excluding hydrogens is 396 g/mol. The fourth-order valence-electron chi connectivity index (χ4n) is 3.33. The molecule has 2 aromatic rings. The minimum atomic E-state index is -0.101. The van der Waals surface area contributed by atoms with E-state index in [0.29, 0.717) is 6.54 Å². The summed E-state index contributed by atoms with van der Waals surface area (Å²) < 4.78 is 11.7. The summed E-state index contributed by atoms with van der Waals surface area (Å²) in [7, 11) is 5.03. The number of ether oxygens (including phenoxy) is 2. The molecule has 0 bridgehead atoms. The molecule has 6 heteroatoms. The smallest absolute Gasteiger partial charge is 0.317 e. The van der Waals surface area contributed by atoms with Gasteiger partial charge in [-0.2, -0.15) is 0 Å². The minimum Gasteiger partial charge on any atom is -0.497 e. The highest BCUT2D eigenvalue weighted by Gasteiger charge is 2.25. The monoisotopic (exact) mass is 418 g/mol. The van der Waals surface area contributed by atoms with E-state index in [1.807, 2.05) is 24.3 Å². The maximum Gasteiger partial charge on any atom is 0.317 e. The zero-order chi connectivity index (χ0) is 18.7. The number of fused-ring (bicyclic) bond motifs is 1. The van der Waals surface area contributed by atoms with Crippen LogP contribution in [0.2, 0.25) is 0 Å². The van der Waals surface area contributed by atoms with Crippen LogP contribution in [0.3, 0.4) is 0 Å². The van der Waals surface area contributed by atoms with E-state index in [2.05, 4.69) is 33.4 Å². The Hall–Kier alpha value is -2.21. The van der Waals surface area contributed by atoms with Crippen molar-refractivity contribution in [2.75, 3.05) is 21.3 Å². The lowest BCUT2D eigenvalue weighted by molar-refractivity contribution is 0.202. The summed E-state index contributed by atoms with van der Waals surface area (Å²) in [5.74, 6) is 1.48. The molecule has 0 radical (unpaired) electrons. The summed E-state index contributed by atoms with van der Waals surface area (Å²) in [4.78, 5) is 14.3. The Kier molecular flexibility index (Phi) is 5.71. The molecule has 0 fully saturated rings. The number of urea groups is 1. The first kappa shape index (κ1) is 18.6. The quantitative estimate of drug-likeness (QED) is 0.787. The van der Waals surface area contributed by atoms with E-state index in [1.165, 1.54) is 11.1 Å². The van der Waals surface area contributed by atoms with Crippen molar-refractivity contribution in [1.82, 2.24) is 10.2 Å². The average Bonchev–Trinajstić information content (AvgIpc) is 3.03. The molecule has 1 aliphatic carbocycles. The van der Waals surface area contributed by atoms with Gasteiger partial charge in [-0.3, -0.25) is 0 Å². The SMILES string of the molecule is COc1ccc(OC)c(CN(C)C(=O)NC2CCc3cc(Br)ccc32)c1. The lowest BCUT2D eigenvalue weighted by Gasteiger charge is -2.23. The second-order valence-electron chi connectivity index (χ2n) is 6.42. The number of aryl methyl sites for hydroxylation is 1. The standard InChI is InChI=1S/C20H23BrN2O3/c1-23(12-14-11-16(25-2)6-9-19(14)26-3)20(24)22-18-8-4-13-10-15(21)5-7-17(13)18/h5-7,9-11,18H,4,8,12H2,1-3H3,(H,22,24). The molecular formula is C20H23BrN2O3. The number of nitrogens with zero attached hydrogens (tertiary/aromatic N) is 1. The van der Waals surface area contributed by atoms with Crippen molar-refractivity contribution >= 4 is 22.0 Å². The predicted octanol–water partition coefficient (Wildman–Crippen LogP) is 4.30. The van der Waals surface area contributed by atoms with Gasteiger partial charge in [0, 0.05) is 17.1 Å². The molecule has 138 valence electrons. The molecule has 1 unspecified atom stereocenters. The second-order valence-corrected chi connectivity index (χ2v) is 7.33. The summed E-state index contributed by atoms with van der Waals surface area (Å²) in [6.45, 7) is 0.437. The largest absolute Gasteiger partial charge is 0.497 e. The molecule has 0 saturated carbocycles. The zero-order valence-corrected chi connectivity index (χ0v) is 16.8. The van der Waals surface area contributed by atoms with Gasteiger partial charge in [0.1, 0.15) is 11.5 Å². The fraction of sp³-hybridized carbons (Fsp3) is 0.350. The van der Waals surface area contributed by atoms with Gasteiger partial charge in [-0.25, -0.2) is 4.79 Å². The highest BCUT2D eigenvalue weighted by molar-refractivity contribution is 9.10. The number of benzene rings is 2. The van der Waals surface area contributed by atoms with Gasteiger partial charge in [0.25, 0.3) is 0 Å². The van der Waals surface area contributed by atoms with Crippen LogP contribution in [-0.4, -0.2) is 32.2 Å². The van der Waals surface area contributed by atoms with Crippen LogP contribution in [0.15, 0.2) is 40.9 Å². The molecule has 0 saturated heterocycles. The summed E-state index contributed by atoms with van der Waals surface area (Å²) in [5.41, 5.74) is 3.40. The lowest BCUT2D eigenvalue weighted by atomic mass is 10.1. The zero-order valence-electron chi connectivity index (χ0n) is 15.2. The van der Waals surface area contributed by atoms with Crippen LogP contribution in [0.25, 0.3) is 0 Å². The van der Waals surface area contributed by atoms with Crippen LogP contribution in [-0.2, 0) is 13.0 Å². The Morgan fingerprint density at radius 1 is 1.23 bits per heavy atom. The molecule has 0 spiro atoms. The van der Waals surface area contributed by atoms with Gasteiger partial charge in [0.2, 0.25) is 0 Å². The Labute approximate surface area is 162 Å². The first-order chi connectivity index (χ1) is 12.5. The molecule has 26 heavy (non-hydrogen) atoms. The number of hydrogen-bond donors (Lipinski definition) is 1. The lowest BCUT2D eigenvalue weighted by Crippen LogP contribution is -2.38. The Morgan fingerprint density at radius 3 is 2.77 bits per heavy atom. The number of halogens is 1. The minimum absolute atomic E-state index is 0.0558. The molecule has 0 aromatic heterocycles. The van der Waals surface area contributed by atoms with Gasteiger partial charge < -0.3 is 19.7 Å². The molecule has 2 amide bonds. The summed E-state index contributed by atoms with van der Waals surface area (Å²) in [6.07, 6.45) is 1.90. The molecule has 0 heterocycles. The van der Waals surface area contributed by atoms with Gasteiger partial charge >= 0.3 is 6.03 Å². The van der Waals surface area contributed by atoms with Crippen molar-refractivity contribution in [1.29, 1.82) is 0 Å². The van der Waals surface area contributed by atoms with Crippen molar-refractivity contribution < 1.29 is 14.3 Å². The molecule has 2 aromatic carbocycles. The van der Waals surface area contributed by atoms with E-state index < -0.39 is 0 Å². The predicted molar refractivity (Wildman–Crippen MR) is 105 cm³/mol. The van der Waals surface area contributed by atoms with Gasteiger partial charge in [-0.05, 0) is 54.3 Å². The van der Waals surface area contributed by atoms with E-state index in [-0.39, 0.29) is 12.1 Å². The summed E-state index contributed by atoms with van der Waals surface area (Å²) in [5, 5.41) is 3.14. The van der Waals surface area contributed by atoms with Crippen LogP contribution >= 0.6 is 15.9 Å². The van der Waals surface area contributed by atoms with Gasteiger partial charge in [0.05, 0.1) is 26.8 Å². The molecule has 1 N–H and O–H groups in total. The second kappa shape index (κ2) is 7.99. The fourth-order valence-corrected chi connectivity index (χ4v) is 3.74. The van der Waals surface area contributed by atoms with Gasteiger partial charge in [0.15, 0.2) is 0 Å². The number of hydrogen-bond acceptors (Lipinski definition) is 3. The van der Waals surface area contributed by atoms with Crippen LogP contribution in [0.4, 0.5) is 4.79 Å². The Balaban J connectivity index is 1.68. The van der Waals surface area contributed by atoms with E-state index in [1.54, 1.807) is 26.2 Å². The maximum absolute atomic E-state index is 12.7. The van der Waals surface area contributed by atoms with Crippen LogP contribution in [0, 0.1) is 0 Å². The molecule has 1 atom stereocenters. The van der Waals surface area contributed by atoms with Crippen LogP contribution in [0.5, 0.6) is 11.5 Å². The van der Waals surface area contributed by atoms with Crippen molar-refractivity contribution in [3.63, 3.8) is 0 Å². The summed E-state index contributed by atoms with van der Waals surface area (Å²) >= 11 is 3.50. The number of amides is 2. The number of methoxy groups -OCH3 is 2. The van der Waals surface area contributed by atoms with E-state index in [9.17, 15) is 4.79 Å². The van der Waals surface area contributed by atoms with E-state index in [0.717, 1.165) is 34.4 Å². The van der Waals surface area contributed by atoms with Crippen molar-refractivity contribution in [2.24, 2.45) is 0 Å². The third-order valence-corrected chi connectivity index (χ3v) is 5.22. The van der Waals surface area contributed by atoms with Crippen molar-refractivity contribution in [3.05, 3.63) is 57.6 Å². The van der Waals surface area contributed by atoms with Crippen molar-refractivity contribution in [2.45, 2.75) is 25.4 Å². The highest BCUT2D eigenvalue weighted by Crippen LogP contribution is 2.33. The average molecular weight is 419 g/mol. The molecule has 3 rings (SSSR count). The molecule has 5 nitrogen and oxygen atoms in total. The van der Waals surface area contributed by atoms with Crippen LogP contribution < -0.4 is 14.8 Å². The van der Waals surface area contributed by atoms with Gasteiger partial charge in [-0.15, -0.1) is 0 Å². The third-order valence-electron chi connectivity index (χ3n) is 4.72. The highest BCUT2D eigenvalue weighted by atomic mass is 79.9. The number of carbonyl (C=O) groups excluding carboxylic acids is 1.